The largest absolute Gasteiger partial charge is 0.493 e. The third kappa shape index (κ3) is 3.92. The zero-order valence-corrected chi connectivity index (χ0v) is 15.8. The number of hydrogen-bond acceptors (Lipinski definition) is 5. The molecule has 3 atom stereocenters. The van der Waals surface area contributed by atoms with Gasteiger partial charge in [0.15, 0.2) is 0 Å². The molecule has 138 valence electrons. The molecule has 1 aromatic carbocycles. The highest BCUT2D eigenvalue weighted by atomic mass is 32.1. The Morgan fingerprint density at radius 2 is 2.15 bits per heavy atom. The molecule has 4 rings (SSSR count). The van der Waals surface area contributed by atoms with Crippen LogP contribution < -0.4 is 20.9 Å². The number of carbonyl (C=O) groups excluding carboxylic acids is 1. The zero-order valence-electron chi connectivity index (χ0n) is 15.0. The summed E-state index contributed by atoms with van der Waals surface area (Å²) in [4.78, 5) is 15.1. The van der Waals surface area contributed by atoms with E-state index in [9.17, 15) is 4.79 Å². The average molecular weight is 372 g/mol. The van der Waals surface area contributed by atoms with Crippen LogP contribution in [-0.2, 0) is 11.2 Å². The maximum Gasteiger partial charge on any atom is 0.238 e. The van der Waals surface area contributed by atoms with Crippen LogP contribution in [0.4, 0.5) is 0 Å². The summed E-state index contributed by atoms with van der Waals surface area (Å²) in [6.07, 6.45) is 2.69. The van der Waals surface area contributed by atoms with E-state index in [-0.39, 0.29) is 18.0 Å². The summed E-state index contributed by atoms with van der Waals surface area (Å²) in [6, 6.07) is 12.5. The number of para-hydroxylation sites is 1. The molecule has 3 heterocycles. The van der Waals surface area contributed by atoms with E-state index in [1.807, 2.05) is 18.2 Å². The molecule has 0 saturated carbocycles. The second-order valence-corrected chi connectivity index (χ2v) is 8.46. The average Bonchev–Trinajstić information content (AvgIpc) is 3.24. The predicted octanol–water partition coefficient (Wildman–Crippen LogP) is 2.72. The second-order valence-electron chi connectivity index (χ2n) is 7.14. The maximum atomic E-state index is 12.6. The van der Waals surface area contributed by atoms with E-state index < -0.39 is 0 Å². The highest BCUT2D eigenvalue weighted by Gasteiger charge is 2.31. The minimum absolute atomic E-state index is 0.0757. The Labute approximate surface area is 158 Å². The number of hydrogen-bond donors (Lipinski definition) is 3. The monoisotopic (exact) mass is 371 g/mol. The van der Waals surface area contributed by atoms with Crippen molar-refractivity contribution in [2.45, 2.75) is 38.3 Å². The molecule has 26 heavy (non-hydrogen) atoms. The Bertz CT molecular complexity index is 776. The molecule has 3 unspecified atom stereocenters. The number of nitrogens with one attached hydrogen (secondary N) is 3. The summed E-state index contributed by atoms with van der Waals surface area (Å²) in [5.41, 5.74) is 7.64. The van der Waals surface area contributed by atoms with Crippen molar-refractivity contribution < 1.29 is 9.53 Å². The van der Waals surface area contributed by atoms with E-state index in [1.54, 1.807) is 11.3 Å². The molecule has 5 nitrogen and oxygen atoms in total. The highest BCUT2D eigenvalue weighted by Crippen LogP contribution is 2.29. The van der Waals surface area contributed by atoms with Gasteiger partial charge in [-0.3, -0.25) is 4.79 Å². The topological polar surface area (TPSA) is 62.4 Å². The van der Waals surface area contributed by atoms with Crippen LogP contribution in [0.25, 0.3) is 0 Å². The van der Waals surface area contributed by atoms with Gasteiger partial charge in [0.05, 0.1) is 12.6 Å². The Kier molecular flexibility index (Phi) is 5.24. The molecule has 1 aromatic heterocycles. The molecular weight excluding hydrogens is 346 g/mol. The number of hydrazine groups is 1. The Balaban J connectivity index is 1.29. The van der Waals surface area contributed by atoms with Gasteiger partial charge in [0.1, 0.15) is 11.8 Å². The van der Waals surface area contributed by atoms with Crippen LogP contribution in [0.3, 0.4) is 0 Å². The summed E-state index contributed by atoms with van der Waals surface area (Å²) in [7, 11) is 0. The number of ether oxygens (including phenoxy) is 1. The van der Waals surface area contributed by atoms with Crippen molar-refractivity contribution >= 4 is 17.2 Å². The summed E-state index contributed by atoms with van der Waals surface area (Å²) in [6.45, 7) is 3.51. The minimum atomic E-state index is -0.184. The van der Waals surface area contributed by atoms with E-state index in [0.717, 1.165) is 25.0 Å². The van der Waals surface area contributed by atoms with Crippen molar-refractivity contribution in [2.75, 3.05) is 13.2 Å². The normalized spacial score (nSPS) is 25.2. The molecule has 2 aliphatic rings. The van der Waals surface area contributed by atoms with E-state index >= 15 is 0 Å². The van der Waals surface area contributed by atoms with Crippen LogP contribution >= 0.6 is 11.3 Å². The fourth-order valence-electron chi connectivity index (χ4n) is 3.66. The summed E-state index contributed by atoms with van der Waals surface area (Å²) in [5.74, 6) is 1.47. The van der Waals surface area contributed by atoms with Crippen molar-refractivity contribution in [3.63, 3.8) is 0 Å². The van der Waals surface area contributed by atoms with Crippen LogP contribution in [0.1, 0.15) is 34.2 Å². The fraction of sp³-hybridized carbons (Fsp3) is 0.450. The van der Waals surface area contributed by atoms with E-state index in [4.69, 9.17) is 4.74 Å². The lowest BCUT2D eigenvalue weighted by Gasteiger charge is -2.16. The molecule has 0 spiro atoms. The Morgan fingerprint density at radius 3 is 3.00 bits per heavy atom. The predicted molar refractivity (Wildman–Crippen MR) is 103 cm³/mol. The van der Waals surface area contributed by atoms with Crippen molar-refractivity contribution in [1.82, 2.24) is 16.2 Å². The van der Waals surface area contributed by atoms with Crippen LogP contribution in [0, 0.1) is 12.8 Å². The van der Waals surface area contributed by atoms with Crippen LogP contribution in [-0.4, -0.2) is 25.1 Å². The molecule has 0 aliphatic carbocycles. The summed E-state index contributed by atoms with van der Waals surface area (Å²) in [5, 5.41) is 3.14. The lowest BCUT2D eigenvalue weighted by atomic mass is 9.96. The third-order valence-electron chi connectivity index (χ3n) is 5.15. The van der Waals surface area contributed by atoms with Crippen molar-refractivity contribution in [1.29, 1.82) is 0 Å². The summed E-state index contributed by atoms with van der Waals surface area (Å²) >= 11 is 1.78. The quantitative estimate of drug-likeness (QED) is 0.773. The van der Waals surface area contributed by atoms with Gasteiger partial charge in [-0.05, 0) is 55.9 Å². The van der Waals surface area contributed by atoms with Crippen LogP contribution in [0.2, 0.25) is 0 Å². The molecule has 6 heteroatoms. The fourth-order valence-corrected chi connectivity index (χ4v) is 4.60. The first-order valence-electron chi connectivity index (χ1n) is 9.25. The number of carbonyl (C=O) groups is 1. The molecule has 0 radical (unpaired) electrons. The van der Waals surface area contributed by atoms with Crippen LogP contribution in [0.15, 0.2) is 36.4 Å². The second kappa shape index (κ2) is 7.78. The van der Waals surface area contributed by atoms with Gasteiger partial charge < -0.3 is 10.1 Å². The Morgan fingerprint density at radius 1 is 1.27 bits per heavy atom. The number of amides is 1. The molecule has 1 fully saturated rings. The highest BCUT2D eigenvalue weighted by molar-refractivity contribution is 7.12. The van der Waals surface area contributed by atoms with Crippen LogP contribution in [0.5, 0.6) is 5.75 Å². The number of thiophene rings is 1. The molecule has 3 N–H and O–H groups in total. The first-order chi connectivity index (χ1) is 12.7. The van der Waals surface area contributed by atoms with E-state index in [0.29, 0.717) is 19.1 Å². The zero-order chi connectivity index (χ0) is 17.9. The molecular formula is C20H25N3O2S. The van der Waals surface area contributed by atoms with Crippen molar-refractivity contribution in [2.24, 2.45) is 5.92 Å². The Hall–Kier alpha value is -1.89. The van der Waals surface area contributed by atoms with Crippen molar-refractivity contribution in [3.05, 3.63) is 51.7 Å². The summed E-state index contributed by atoms with van der Waals surface area (Å²) < 4.78 is 5.82. The van der Waals surface area contributed by atoms with Gasteiger partial charge in [-0.1, -0.05) is 18.2 Å². The molecule has 1 saturated heterocycles. The van der Waals surface area contributed by atoms with E-state index in [2.05, 4.69) is 41.3 Å². The van der Waals surface area contributed by atoms with Gasteiger partial charge in [0.25, 0.3) is 0 Å². The van der Waals surface area contributed by atoms with Crippen molar-refractivity contribution in [3.8, 4) is 5.75 Å². The van der Waals surface area contributed by atoms with Gasteiger partial charge in [-0.25, -0.2) is 10.9 Å². The molecule has 1 amide bonds. The molecule has 2 aromatic rings. The lowest BCUT2D eigenvalue weighted by molar-refractivity contribution is -0.123. The van der Waals surface area contributed by atoms with Gasteiger partial charge >= 0.3 is 0 Å². The van der Waals surface area contributed by atoms with E-state index in [1.165, 1.54) is 15.3 Å². The number of rotatable bonds is 4. The van der Waals surface area contributed by atoms with Gasteiger partial charge in [-0.15, -0.1) is 11.3 Å². The van der Waals surface area contributed by atoms with Gasteiger partial charge in [-0.2, -0.15) is 0 Å². The first-order valence-corrected chi connectivity index (χ1v) is 10.1. The molecule has 2 aliphatic heterocycles. The van der Waals surface area contributed by atoms with Gasteiger partial charge in [0.2, 0.25) is 5.91 Å². The maximum absolute atomic E-state index is 12.6. The smallest absolute Gasteiger partial charge is 0.238 e. The SMILES string of the molecule is Cc1ccc(C2CC(C(=O)NCC3CCOc4ccccc4C3)NN2)s1. The lowest BCUT2D eigenvalue weighted by Crippen LogP contribution is -2.44. The number of aryl methyl sites for hydroxylation is 1. The third-order valence-corrected chi connectivity index (χ3v) is 6.27. The number of benzene rings is 1. The minimum Gasteiger partial charge on any atom is -0.493 e. The standard InChI is InChI=1S/C20H25N3O2S/c1-13-6-7-19(26-13)16-11-17(23-22-16)20(24)21-12-14-8-9-25-18-5-3-2-4-15(18)10-14/h2-7,14,16-17,22-23H,8-12H2,1H3,(H,21,24). The first kappa shape index (κ1) is 17.5. The molecule has 0 bridgehead atoms. The number of fused-ring (bicyclic) bond motifs is 1. The van der Waals surface area contributed by atoms with Gasteiger partial charge in [0, 0.05) is 16.3 Å².